The van der Waals surface area contributed by atoms with Crippen LogP contribution in [0.5, 0.6) is 5.75 Å². The minimum absolute atomic E-state index is 0.0882. The predicted molar refractivity (Wildman–Crippen MR) is 151 cm³/mol. The lowest BCUT2D eigenvalue weighted by atomic mass is 9.77. The third-order valence-corrected chi connectivity index (χ3v) is 8.40. The summed E-state index contributed by atoms with van der Waals surface area (Å²) >= 11 is 5.96. The highest BCUT2D eigenvalue weighted by molar-refractivity contribution is 7.60. The number of aliphatic hydroxyl groups excluding tert-OH is 1. The molecule has 3 unspecified atom stereocenters. The van der Waals surface area contributed by atoms with E-state index in [9.17, 15) is 29.4 Å². The molecule has 4 aromatic carbocycles. The number of amides is 1. The summed E-state index contributed by atoms with van der Waals surface area (Å²) in [5, 5.41) is 22.3. The Morgan fingerprint density at radius 3 is 2.23 bits per heavy atom. The number of hydrogen-bond donors (Lipinski definition) is 4. The van der Waals surface area contributed by atoms with E-state index in [4.69, 9.17) is 11.6 Å². The van der Waals surface area contributed by atoms with Gasteiger partial charge in [-0.05, 0) is 65.9 Å². The number of β-lactam (4-membered cyclic amide) rings is 1. The lowest BCUT2D eigenvalue weighted by Gasteiger charge is -2.48. The van der Waals surface area contributed by atoms with Crippen LogP contribution in [0, 0.1) is 5.92 Å². The predicted octanol–water partition coefficient (Wildman–Crippen LogP) is 5.73. The zero-order valence-electron chi connectivity index (χ0n) is 20.8. The Morgan fingerprint density at radius 1 is 0.897 bits per heavy atom. The maximum Gasteiger partial charge on any atom is 0.356 e. The number of carbonyl (C=O) groups is 1. The van der Waals surface area contributed by atoms with E-state index in [0.717, 1.165) is 0 Å². The first-order valence-corrected chi connectivity index (χ1v) is 14.4. The van der Waals surface area contributed by atoms with Crippen LogP contribution in [0.1, 0.15) is 36.1 Å². The van der Waals surface area contributed by atoms with Crippen molar-refractivity contribution < 1.29 is 29.4 Å². The summed E-state index contributed by atoms with van der Waals surface area (Å²) in [5.41, 5.74) is 2.68. The zero-order valence-corrected chi connectivity index (χ0v) is 22.4. The number of nitrogens with zero attached hydrogens (tertiary/aromatic N) is 1. The fourth-order valence-electron chi connectivity index (χ4n) is 5.18. The second kappa shape index (κ2) is 11.0. The van der Waals surface area contributed by atoms with Crippen LogP contribution in [-0.4, -0.2) is 25.9 Å². The second-order valence-electron chi connectivity index (χ2n) is 9.57. The SMILES string of the molecule is O=C1C(CCC(O)c2ccc(Cl)cc2)C(c2ccc(-c3ccccc3P(=O)(O)O)cc2O)N1c1ccccc1. The number of para-hydroxylation sites is 1. The molecule has 1 saturated heterocycles. The molecule has 0 radical (unpaired) electrons. The van der Waals surface area contributed by atoms with Crippen molar-refractivity contribution in [3.8, 4) is 16.9 Å². The van der Waals surface area contributed by atoms with Crippen molar-refractivity contribution in [2.24, 2.45) is 5.92 Å². The van der Waals surface area contributed by atoms with Gasteiger partial charge in [-0.1, -0.05) is 72.3 Å². The third kappa shape index (κ3) is 5.50. The number of anilines is 1. The van der Waals surface area contributed by atoms with Gasteiger partial charge in [0.2, 0.25) is 5.91 Å². The van der Waals surface area contributed by atoms with Crippen molar-refractivity contribution >= 4 is 36.1 Å². The Balaban J connectivity index is 1.46. The Labute approximate surface area is 231 Å². The number of phenolic OH excluding ortho intramolecular Hbond substituents is 1. The van der Waals surface area contributed by atoms with Crippen LogP contribution in [0.25, 0.3) is 11.1 Å². The third-order valence-electron chi connectivity index (χ3n) is 7.13. The molecular formula is C30H27ClNO6P. The molecule has 4 aromatic rings. The fraction of sp³-hybridized carbons (Fsp3) is 0.167. The summed E-state index contributed by atoms with van der Waals surface area (Å²) in [6, 6.07) is 26.6. The van der Waals surface area contributed by atoms with Gasteiger partial charge in [0, 0.05) is 16.3 Å². The van der Waals surface area contributed by atoms with E-state index in [1.807, 2.05) is 30.3 Å². The van der Waals surface area contributed by atoms with Crippen molar-refractivity contribution in [2.75, 3.05) is 4.90 Å². The first-order chi connectivity index (χ1) is 18.6. The van der Waals surface area contributed by atoms with Gasteiger partial charge in [0.15, 0.2) is 0 Å². The van der Waals surface area contributed by atoms with E-state index < -0.39 is 25.7 Å². The largest absolute Gasteiger partial charge is 0.508 e. The van der Waals surface area contributed by atoms with E-state index in [-0.39, 0.29) is 17.0 Å². The van der Waals surface area contributed by atoms with Crippen LogP contribution in [-0.2, 0) is 9.36 Å². The van der Waals surface area contributed by atoms with Gasteiger partial charge in [0.1, 0.15) is 5.75 Å². The molecule has 1 aliphatic heterocycles. The molecule has 1 aliphatic rings. The molecule has 0 spiro atoms. The smallest absolute Gasteiger partial charge is 0.356 e. The molecule has 0 aromatic heterocycles. The molecule has 1 heterocycles. The topological polar surface area (TPSA) is 118 Å². The number of rotatable bonds is 8. The summed E-state index contributed by atoms with van der Waals surface area (Å²) in [5.74, 6) is -0.675. The molecule has 7 nitrogen and oxygen atoms in total. The van der Waals surface area contributed by atoms with Crippen LogP contribution in [0.2, 0.25) is 5.02 Å². The van der Waals surface area contributed by atoms with E-state index >= 15 is 0 Å². The Kier molecular flexibility index (Phi) is 7.63. The summed E-state index contributed by atoms with van der Waals surface area (Å²) in [6.07, 6.45) is -0.0496. The molecule has 39 heavy (non-hydrogen) atoms. The van der Waals surface area contributed by atoms with Crippen molar-refractivity contribution in [1.82, 2.24) is 0 Å². The molecule has 1 amide bonds. The molecule has 200 valence electrons. The van der Waals surface area contributed by atoms with Crippen molar-refractivity contribution in [3.05, 3.63) is 113 Å². The van der Waals surface area contributed by atoms with Gasteiger partial charge in [0.05, 0.1) is 23.4 Å². The molecule has 9 heteroatoms. The molecule has 0 aliphatic carbocycles. The molecule has 0 saturated carbocycles. The van der Waals surface area contributed by atoms with Crippen molar-refractivity contribution in [1.29, 1.82) is 0 Å². The Morgan fingerprint density at radius 2 is 1.56 bits per heavy atom. The quantitative estimate of drug-likeness (QED) is 0.160. The number of benzene rings is 4. The van der Waals surface area contributed by atoms with Crippen LogP contribution in [0.4, 0.5) is 5.69 Å². The number of aromatic hydroxyl groups is 1. The highest BCUT2D eigenvalue weighted by atomic mass is 35.5. The van der Waals surface area contributed by atoms with Crippen molar-refractivity contribution in [3.63, 3.8) is 0 Å². The maximum absolute atomic E-state index is 13.4. The van der Waals surface area contributed by atoms with E-state index in [1.54, 1.807) is 59.5 Å². The van der Waals surface area contributed by atoms with E-state index in [1.165, 1.54) is 12.1 Å². The molecular weight excluding hydrogens is 537 g/mol. The lowest BCUT2D eigenvalue weighted by Crippen LogP contribution is -2.55. The van der Waals surface area contributed by atoms with Crippen LogP contribution in [0.15, 0.2) is 97.1 Å². The fourth-order valence-corrected chi connectivity index (χ4v) is 6.11. The van der Waals surface area contributed by atoms with E-state index in [2.05, 4.69) is 0 Å². The summed E-state index contributed by atoms with van der Waals surface area (Å²) in [4.78, 5) is 34.6. The standard InChI is InChI=1S/C30H27ClNO6P/c31-21-13-10-19(11-14-21)26(33)17-16-25-29(32(30(25)35)22-6-2-1-3-7-22)24-15-12-20(18-27(24)34)23-8-4-5-9-28(23)39(36,37)38/h1-15,18,25-26,29,33-34H,16-17H2,(H2,36,37,38). The number of aliphatic hydroxyl groups is 1. The zero-order chi connectivity index (χ0) is 27.7. The maximum atomic E-state index is 13.4. The minimum atomic E-state index is -4.54. The van der Waals surface area contributed by atoms with Crippen LogP contribution < -0.4 is 10.2 Å². The minimum Gasteiger partial charge on any atom is -0.508 e. The number of hydrogen-bond acceptors (Lipinski definition) is 4. The normalized spacial score (nSPS) is 18.1. The van der Waals surface area contributed by atoms with E-state index in [0.29, 0.717) is 45.8 Å². The summed E-state index contributed by atoms with van der Waals surface area (Å²) in [6.45, 7) is 0. The molecule has 1 fully saturated rings. The van der Waals surface area contributed by atoms with Gasteiger partial charge in [0.25, 0.3) is 0 Å². The Hall–Kier alpha value is -3.45. The number of halogens is 1. The van der Waals surface area contributed by atoms with Gasteiger partial charge in [-0.25, -0.2) is 0 Å². The van der Waals surface area contributed by atoms with Gasteiger partial charge in [-0.3, -0.25) is 9.36 Å². The first-order valence-electron chi connectivity index (χ1n) is 12.4. The average Bonchev–Trinajstić information content (AvgIpc) is 2.92. The van der Waals surface area contributed by atoms with Crippen molar-refractivity contribution in [2.45, 2.75) is 25.0 Å². The molecule has 5 rings (SSSR count). The highest BCUT2D eigenvalue weighted by Crippen LogP contribution is 2.49. The summed E-state index contributed by atoms with van der Waals surface area (Å²) in [7, 11) is -4.54. The monoisotopic (exact) mass is 563 g/mol. The number of phenols is 1. The highest BCUT2D eigenvalue weighted by Gasteiger charge is 2.49. The lowest BCUT2D eigenvalue weighted by molar-refractivity contribution is -0.131. The van der Waals surface area contributed by atoms with Gasteiger partial charge >= 0.3 is 7.60 Å². The van der Waals surface area contributed by atoms with Crippen LogP contribution >= 0.6 is 19.2 Å². The molecule has 4 N–H and O–H groups in total. The summed E-state index contributed by atoms with van der Waals surface area (Å²) < 4.78 is 12.0. The van der Waals surface area contributed by atoms with Gasteiger partial charge in [-0.2, -0.15) is 0 Å². The number of carbonyl (C=O) groups excluding carboxylic acids is 1. The average molecular weight is 564 g/mol. The Bertz CT molecular complexity index is 1540. The van der Waals surface area contributed by atoms with Gasteiger partial charge in [-0.15, -0.1) is 0 Å². The molecule has 3 atom stereocenters. The first kappa shape index (κ1) is 27.1. The second-order valence-corrected chi connectivity index (χ2v) is 11.6. The van der Waals surface area contributed by atoms with Gasteiger partial charge < -0.3 is 24.9 Å². The molecule has 0 bridgehead atoms. The van der Waals surface area contributed by atoms with Crippen LogP contribution in [0.3, 0.4) is 0 Å².